The third kappa shape index (κ3) is 5.04. The minimum atomic E-state index is -0.873. The number of likely N-dealkylation sites (tertiary alicyclic amines) is 1. The monoisotopic (exact) mass is 519 g/mol. The van der Waals surface area contributed by atoms with Crippen LogP contribution in [0.25, 0.3) is 16.5 Å². The van der Waals surface area contributed by atoms with Crippen molar-refractivity contribution in [2.24, 2.45) is 0 Å². The van der Waals surface area contributed by atoms with E-state index in [1.807, 2.05) is 50.2 Å². The van der Waals surface area contributed by atoms with Crippen molar-refractivity contribution >= 4 is 28.2 Å². The summed E-state index contributed by atoms with van der Waals surface area (Å²) in [5, 5.41) is 13.3. The van der Waals surface area contributed by atoms with Gasteiger partial charge in [-0.3, -0.25) is 9.59 Å². The summed E-state index contributed by atoms with van der Waals surface area (Å²) in [5.41, 5.74) is 1.03. The minimum Gasteiger partial charge on any atom is -0.507 e. The van der Waals surface area contributed by atoms with Crippen molar-refractivity contribution in [2.45, 2.75) is 32.4 Å². The van der Waals surface area contributed by atoms with Crippen LogP contribution >= 0.6 is 0 Å². The summed E-state index contributed by atoms with van der Waals surface area (Å²) >= 11 is 0. The molecule has 0 spiro atoms. The van der Waals surface area contributed by atoms with Gasteiger partial charge in [0, 0.05) is 18.7 Å². The van der Waals surface area contributed by atoms with Gasteiger partial charge in [0.1, 0.15) is 5.76 Å². The topological polar surface area (TPSA) is 94.5 Å². The Labute approximate surface area is 222 Å². The van der Waals surface area contributed by atoms with Crippen molar-refractivity contribution in [3.63, 3.8) is 0 Å². The average molecular weight is 520 g/mol. The van der Waals surface area contributed by atoms with Gasteiger partial charge in [0.15, 0.2) is 11.5 Å². The number of aliphatic hydroxyl groups excluding tert-OH is 1. The number of hydrogen-bond acceptors (Lipinski definition) is 7. The number of Topliss-reactive ketones (excluding diaryl/α,β-unsaturated/α-hetero) is 1. The van der Waals surface area contributed by atoms with Crippen molar-refractivity contribution in [1.82, 2.24) is 4.90 Å². The highest BCUT2D eigenvalue weighted by Gasteiger charge is 2.46. The molecule has 8 nitrogen and oxygen atoms in total. The molecule has 3 aromatic carbocycles. The molecule has 4 rings (SSSR count). The number of carbonyl (C=O) groups excluding carboxylic acids is 2. The number of hydrogen-bond donors (Lipinski definition) is 1. The first kappa shape index (κ1) is 27.0. The normalized spacial score (nSPS) is 16.9. The number of ketones is 1. The fourth-order valence-electron chi connectivity index (χ4n) is 4.85. The van der Waals surface area contributed by atoms with Crippen LogP contribution in [0.2, 0.25) is 0 Å². The maximum Gasteiger partial charge on any atom is 0.295 e. The molecular weight excluding hydrogens is 486 g/mol. The van der Waals surface area contributed by atoms with E-state index in [1.54, 1.807) is 18.2 Å². The second-order valence-electron chi connectivity index (χ2n) is 9.25. The number of nitrogens with zero attached hydrogens (tertiary/aromatic N) is 1. The van der Waals surface area contributed by atoms with E-state index in [0.29, 0.717) is 41.4 Å². The van der Waals surface area contributed by atoms with E-state index in [9.17, 15) is 14.7 Å². The van der Waals surface area contributed by atoms with E-state index in [2.05, 4.69) is 0 Å². The van der Waals surface area contributed by atoms with Crippen molar-refractivity contribution in [3.05, 3.63) is 71.3 Å². The number of fused-ring (bicyclic) bond motifs is 1. The summed E-state index contributed by atoms with van der Waals surface area (Å²) in [4.78, 5) is 28.3. The first-order valence-electron chi connectivity index (χ1n) is 12.5. The molecule has 1 atom stereocenters. The fraction of sp³-hybridized carbons (Fsp3) is 0.333. The van der Waals surface area contributed by atoms with Gasteiger partial charge >= 0.3 is 0 Å². The highest BCUT2D eigenvalue weighted by molar-refractivity contribution is 6.46. The predicted molar refractivity (Wildman–Crippen MR) is 145 cm³/mol. The lowest BCUT2D eigenvalue weighted by Crippen LogP contribution is -2.31. The van der Waals surface area contributed by atoms with Crippen LogP contribution in [0.15, 0.2) is 60.2 Å². The van der Waals surface area contributed by atoms with Crippen molar-refractivity contribution in [1.29, 1.82) is 0 Å². The Kier molecular flexibility index (Phi) is 8.22. The standard InChI is InChI=1S/C30H33NO7/c1-18(2)38-15-9-14-31-26(20-16-23(35-3)29(37-5)24(17-20)36-4)25(28(33)30(31)34)27(32)22-13-8-11-19-10-6-7-12-21(19)22/h6-8,10-13,16-18,26,32H,9,14-15H2,1-5H3/b27-25+. The largest absolute Gasteiger partial charge is 0.507 e. The van der Waals surface area contributed by atoms with Crippen LogP contribution in [-0.4, -0.2) is 62.3 Å². The van der Waals surface area contributed by atoms with E-state index < -0.39 is 17.7 Å². The lowest BCUT2D eigenvalue weighted by Gasteiger charge is -2.27. The third-order valence-electron chi connectivity index (χ3n) is 6.58. The van der Waals surface area contributed by atoms with Crippen LogP contribution in [0.5, 0.6) is 17.2 Å². The SMILES string of the molecule is COc1cc(C2/C(=C(\O)c3cccc4ccccc34)C(=O)C(=O)N2CCCOC(C)C)cc(OC)c1OC. The molecule has 1 amide bonds. The molecule has 1 saturated heterocycles. The van der Waals surface area contributed by atoms with Crippen LogP contribution in [0.4, 0.5) is 0 Å². The van der Waals surface area contributed by atoms with Crippen molar-refractivity contribution in [3.8, 4) is 17.2 Å². The van der Waals surface area contributed by atoms with Gasteiger partial charge < -0.3 is 29.0 Å². The zero-order valence-electron chi connectivity index (χ0n) is 22.3. The van der Waals surface area contributed by atoms with E-state index in [0.717, 1.165) is 10.8 Å². The molecule has 1 fully saturated rings. The number of rotatable bonds is 10. The summed E-state index contributed by atoms with van der Waals surface area (Å²) in [7, 11) is 4.50. The Morgan fingerprint density at radius 1 is 0.947 bits per heavy atom. The molecule has 1 aliphatic heterocycles. The number of carbonyl (C=O) groups is 2. The lowest BCUT2D eigenvalue weighted by molar-refractivity contribution is -0.140. The van der Waals surface area contributed by atoms with Crippen LogP contribution in [0.1, 0.15) is 37.4 Å². The van der Waals surface area contributed by atoms with Gasteiger partial charge in [0.25, 0.3) is 11.7 Å². The Hall–Kier alpha value is -4.04. The quantitative estimate of drug-likeness (QED) is 0.172. The van der Waals surface area contributed by atoms with Gasteiger partial charge in [0.2, 0.25) is 5.75 Å². The van der Waals surface area contributed by atoms with Crippen LogP contribution in [0.3, 0.4) is 0 Å². The predicted octanol–water partition coefficient (Wildman–Crippen LogP) is 5.10. The maximum atomic E-state index is 13.5. The number of methoxy groups -OCH3 is 3. The zero-order chi connectivity index (χ0) is 27.4. The van der Waals surface area contributed by atoms with Crippen LogP contribution in [-0.2, 0) is 14.3 Å². The maximum absolute atomic E-state index is 13.5. The minimum absolute atomic E-state index is 0.00500. The number of aliphatic hydroxyl groups is 1. The van der Waals surface area contributed by atoms with Crippen LogP contribution < -0.4 is 14.2 Å². The molecule has 1 unspecified atom stereocenters. The van der Waals surface area contributed by atoms with Gasteiger partial charge in [0.05, 0.1) is 39.0 Å². The van der Waals surface area contributed by atoms with E-state index in [1.165, 1.54) is 26.2 Å². The highest BCUT2D eigenvalue weighted by atomic mass is 16.5. The van der Waals surface area contributed by atoms with Crippen molar-refractivity contribution < 1.29 is 33.6 Å². The Bertz CT molecular complexity index is 1350. The Morgan fingerprint density at radius 2 is 1.61 bits per heavy atom. The van der Waals surface area contributed by atoms with Gasteiger partial charge in [-0.2, -0.15) is 0 Å². The van der Waals surface area contributed by atoms with Gasteiger partial charge in [-0.1, -0.05) is 42.5 Å². The molecule has 200 valence electrons. The van der Waals surface area contributed by atoms with Crippen molar-refractivity contribution in [2.75, 3.05) is 34.5 Å². The molecule has 0 aromatic heterocycles. The Balaban J connectivity index is 1.91. The summed E-state index contributed by atoms with van der Waals surface area (Å²) in [6.07, 6.45) is 0.558. The molecule has 1 N–H and O–H groups in total. The molecule has 0 saturated carbocycles. The van der Waals surface area contributed by atoms with Gasteiger partial charge in [-0.05, 0) is 48.7 Å². The molecular formula is C30H33NO7. The average Bonchev–Trinajstić information content (AvgIpc) is 3.18. The molecule has 1 aliphatic rings. The van der Waals surface area contributed by atoms with Gasteiger partial charge in [-0.15, -0.1) is 0 Å². The molecule has 3 aromatic rings. The molecule has 38 heavy (non-hydrogen) atoms. The number of amides is 1. The molecule has 1 heterocycles. The molecule has 0 bridgehead atoms. The summed E-state index contributed by atoms with van der Waals surface area (Å²) < 4.78 is 22.2. The summed E-state index contributed by atoms with van der Waals surface area (Å²) in [5.74, 6) is -0.537. The highest BCUT2D eigenvalue weighted by Crippen LogP contribution is 2.46. The van der Waals surface area contributed by atoms with E-state index >= 15 is 0 Å². The second-order valence-corrected chi connectivity index (χ2v) is 9.25. The van der Waals surface area contributed by atoms with Crippen LogP contribution in [0, 0.1) is 0 Å². The smallest absolute Gasteiger partial charge is 0.295 e. The third-order valence-corrected chi connectivity index (χ3v) is 6.58. The second kappa shape index (κ2) is 11.6. The van der Waals surface area contributed by atoms with Gasteiger partial charge in [-0.25, -0.2) is 0 Å². The molecule has 0 radical (unpaired) electrons. The lowest BCUT2D eigenvalue weighted by atomic mass is 9.93. The molecule has 0 aliphatic carbocycles. The molecule has 8 heteroatoms. The number of benzene rings is 3. The number of ether oxygens (including phenoxy) is 4. The fourth-order valence-corrected chi connectivity index (χ4v) is 4.85. The van der Waals surface area contributed by atoms with E-state index in [-0.39, 0.29) is 24.0 Å². The zero-order valence-corrected chi connectivity index (χ0v) is 22.3. The first-order chi connectivity index (χ1) is 18.3. The Morgan fingerprint density at radius 3 is 2.24 bits per heavy atom. The summed E-state index contributed by atoms with van der Waals surface area (Å²) in [6, 6.07) is 15.6. The summed E-state index contributed by atoms with van der Waals surface area (Å²) in [6.45, 7) is 4.55. The first-order valence-corrected chi connectivity index (χ1v) is 12.5. The van der Waals surface area contributed by atoms with E-state index in [4.69, 9.17) is 18.9 Å².